The minimum Gasteiger partial charge on any atom is -0.396 e. The number of thiophene rings is 1. The van der Waals surface area contributed by atoms with Crippen LogP contribution in [-0.2, 0) is 6.54 Å². The fourth-order valence-corrected chi connectivity index (χ4v) is 2.74. The molecule has 78 valence electrons. The lowest BCUT2D eigenvalue weighted by Crippen LogP contribution is -2.20. The van der Waals surface area contributed by atoms with Crippen LogP contribution < -0.4 is 0 Å². The van der Waals surface area contributed by atoms with Gasteiger partial charge in [-0.2, -0.15) is 0 Å². The van der Waals surface area contributed by atoms with E-state index in [0.717, 1.165) is 26.1 Å². The van der Waals surface area contributed by atoms with Crippen molar-refractivity contribution in [1.82, 2.24) is 4.90 Å². The fourth-order valence-electron chi connectivity index (χ4n) is 2.04. The highest BCUT2D eigenvalue weighted by Crippen LogP contribution is 2.20. The number of rotatable bonds is 3. The number of likely N-dealkylation sites (tertiary alicyclic amines) is 1. The van der Waals surface area contributed by atoms with Crippen LogP contribution in [0.1, 0.15) is 16.9 Å². The highest BCUT2D eigenvalue weighted by atomic mass is 32.1. The van der Waals surface area contributed by atoms with Crippen LogP contribution in [0.4, 0.5) is 0 Å². The summed E-state index contributed by atoms with van der Waals surface area (Å²) in [5.74, 6) is 0.509. The molecule has 1 aliphatic heterocycles. The van der Waals surface area contributed by atoms with Gasteiger partial charge in [0.2, 0.25) is 0 Å². The van der Waals surface area contributed by atoms with Crippen LogP contribution in [0.3, 0.4) is 0 Å². The highest BCUT2D eigenvalue weighted by molar-refractivity contribution is 7.10. The molecule has 1 unspecified atom stereocenters. The number of aliphatic hydroxyl groups is 1. The van der Waals surface area contributed by atoms with Gasteiger partial charge in [0.25, 0.3) is 0 Å². The molecule has 3 heteroatoms. The van der Waals surface area contributed by atoms with E-state index in [1.165, 1.54) is 10.4 Å². The Morgan fingerprint density at radius 2 is 2.50 bits per heavy atom. The summed E-state index contributed by atoms with van der Waals surface area (Å²) >= 11 is 1.82. The van der Waals surface area contributed by atoms with E-state index in [-0.39, 0.29) is 0 Å². The number of aryl methyl sites for hydroxylation is 1. The third-order valence-corrected chi connectivity index (χ3v) is 3.73. The van der Waals surface area contributed by atoms with Gasteiger partial charge in [0, 0.05) is 24.6 Å². The zero-order valence-corrected chi connectivity index (χ0v) is 9.39. The molecule has 2 rings (SSSR count). The molecular weight excluding hydrogens is 194 g/mol. The normalized spacial score (nSPS) is 23.1. The topological polar surface area (TPSA) is 23.5 Å². The molecule has 2 nitrogen and oxygen atoms in total. The zero-order chi connectivity index (χ0) is 9.97. The van der Waals surface area contributed by atoms with Crippen molar-refractivity contribution < 1.29 is 5.11 Å². The van der Waals surface area contributed by atoms with Crippen molar-refractivity contribution in [1.29, 1.82) is 0 Å². The predicted molar refractivity (Wildman–Crippen MR) is 59.5 cm³/mol. The zero-order valence-electron chi connectivity index (χ0n) is 8.57. The Morgan fingerprint density at radius 3 is 3.07 bits per heavy atom. The second-order valence-electron chi connectivity index (χ2n) is 4.14. The maximum atomic E-state index is 9.03. The second-order valence-corrected chi connectivity index (χ2v) is 5.25. The number of hydrogen-bond donors (Lipinski definition) is 1. The molecule has 14 heavy (non-hydrogen) atoms. The van der Waals surface area contributed by atoms with E-state index in [1.54, 1.807) is 0 Å². The van der Waals surface area contributed by atoms with Crippen molar-refractivity contribution in [3.8, 4) is 0 Å². The molecule has 0 saturated carbocycles. The summed E-state index contributed by atoms with van der Waals surface area (Å²) in [6.07, 6.45) is 1.15. The molecule has 1 atom stereocenters. The van der Waals surface area contributed by atoms with E-state index >= 15 is 0 Å². The summed E-state index contributed by atoms with van der Waals surface area (Å²) in [6, 6.07) is 2.26. The summed E-state index contributed by atoms with van der Waals surface area (Å²) in [7, 11) is 0. The second kappa shape index (κ2) is 4.43. The van der Waals surface area contributed by atoms with Crippen molar-refractivity contribution in [3.63, 3.8) is 0 Å². The van der Waals surface area contributed by atoms with Crippen molar-refractivity contribution in [2.75, 3.05) is 19.7 Å². The first-order chi connectivity index (χ1) is 6.78. The minimum atomic E-state index is 0.346. The average Bonchev–Trinajstić information content (AvgIpc) is 2.76. The Kier molecular flexibility index (Phi) is 3.21. The van der Waals surface area contributed by atoms with E-state index < -0.39 is 0 Å². The molecular formula is C11H17NOS. The third kappa shape index (κ3) is 2.35. The van der Waals surface area contributed by atoms with Gasteiger partial charge in [-0.05, 0) is 42.8 Å². The summed E-state index contributed by atoms with van der Waals surface area (Å²) in [6.45, 7) is 5.75. The summed E-state index contributed by atoms with van der Waals surface area (Å²) in [5, 5.41) is 11.3. The quantitative estimate of drug-likeness (QED) is 0.825. The van der Waals surface area contributed by atoms with E-state index in [0.29, 0.717) is 12.5 Å². The van der Waals surface area contributed by atoms with Crippen LogP contribution in [0.2, 0.25) is 0 Å². The number of nitrogens with zero attached hydrogens (tertiary/aromatic N) is 1. The maximum Gasteiger partial charge on any atom is 0.0471 e. The molecule has 0 amide bonds. The molecule has 0 aliphatic carbocycles. The Bertz CT molecular complexity index is 297. The van der Waals surface area contributed by atoms with Crippen LogP contribution in [-0.4, -0.2) is 29.7 Å². The Balaban J connectivity index is 1.87. The smallest absolute Gasteiger partial charge is 0.0471 e. The van der Waals surface area contributed by atoms with Gasteiger partial charge in [-0.25, -0.2) is 0 Å². The Labute approximate surface area is 89.2 Å². The van der Waals surface area contributed by atoms with E-state index in [9.17, 15) is 0 Å². The van der Waals surface area contributed by atoms with Gasteiger partial charge >= 0.3 is 0 Å². The van der Waals surface area contributed by atoms with E-state index in [2.05, 4.69) is 23.3 Å². The first-order valence-corrected chi connectivity index (χ1v) is 6.03. The monoisotopic (exact) mass is 211 g/mol. The number of hydrogen-bond acceptors (Lipinski definition) is 3. The van der Waals surface area contributed by atoms with Gasteiger partial charge in [0.1, 0.15) is 0 Å². The summed E-state index contributed by atoms with van der Waals surface area (Å²) in [5.41, 5.74) is 1.42. The molecule has 1 aliphatic rings. The minimum absolute atomic E-state index is 0.346. The first kappa shape index (κ1) is 10.1. The fraction of sp³-hybridized carbons (Fsp3) is 0.636. The molecule has 1 saturated heterocycles. The number of aliphatic hydroxyl groups excluding tert-OH is 1. The van der Waals surface area contributed by atoms with Gasteiger partial charge in [-0.3, -0.25) is 4.90 Å². The lowest BCUT2D eigenvalue weighted by Gasteiger charge is -2.14. The van der Waals surface area contributed by atoms with Gasteiger partial charge in [-0.1, -0.05) is 0 Å². The predicted octanol–water partition coefficient (Wildman–Crippen LogP) is 1.87. The van der Waals surface area contributed by atoms with E-state index in [4.69, 9.17) is 5.11 Å². The molecule has 1 aromatic rings. The Hall–Kier alpha value is -0.380. The lowest BCUT2D eigenvalue weighted by atomic mass is 10.1. The molecule has 1 aromatic heterocycles. The van der Waals surface area contributed by atoms with Gasteiger partial charge in [0.05, 0.1) is 0 Å². The lowest BCUT2D eigenvalue weighted by molar-refractivity contribution is 0.220. The molecule has 1 fully saturated rings. The van der Waals surface area contributed by atoms with Crippen LogP contribution in [0.5, 0.6) is 0 Å². The van der Waals surface area contributed by atoms with Crippen molar-refractivity contribution in [2.45, 2.75) is 19.9 Å². The van der Waals surface area contributed by atoms with Crippen LogP contribution >= 0.6 is 11.3 Å². The SMILES string of the molecule is Cc1cc(CN2CCC(CO)C2)cs1. The summed E-state index contributed by atoms with van der Waals surface area (Å²) in [4.78, 5) is 3.82. The molecule has 0 aromatic carbocycles. The molecule has 0 bridgehead atoms. The van der Waals surface area contributed by atoms with Crippen molar-refractivity contribution in [2.24, 2.45) is 5.92 Å². The van der Waals surface area contributed by atoms with Crippen LogP contribution in [0.15, 0.2) is 11.4 Å². The van der Waals surface area contributed by atoms with Gasteiger partial charge in [-0.15, -0.1) is 11.3 Å². The maximum absolute atomic E-state index is 9.03. The molecule has 2 heterocycles. The standard InChI is InChI=1S/C11H17NOS/c1-9-4-11(8-14-9)6-12-3-2-10(5-12)7-13/h4,8,10,13H,2-3,5-7H2,1H3. The Morgan fingerprint density at radius 1 is 1.64 bits per heavy atom. The van der Waals surface area contributed by atoms with Gasteiger partial charge < -0.3 is 5.11 Å². The molecule has 0 radical (unpaired) electrons. The molecule has 0 spiro atoms. The van der Waals surface area contributed by atoms with E-state index in [1.807, 2.05) is 11.3 Å². The highest BCUT2D eigenvalue weighted by Gasteiger charge is 2.21. The third-order valence-electron chi connectivity index (χ3n) is 2.82. The van der Waals surface area contributed by atoms with Crippen molar-refractivity contribution >= 4 is 11.3 Å². The van der Waals surface area contributed by atoms with Gasteiger partial charge in [0.15, 0.2) is 0 Å². The largest absolute Gasteiger partial charge is 0.396 e. The first-order valence-electron chi connectivity index (χ1n) is 5.15. The van der Waals surface area contributed by atoms with Crippen LogP contribution in [0.25, 0.3) is 0 Å². The molecule has 1 N–H and O–H groups in total. The summed E-state index contributed by atoms with van der Waals surface area (Å²) < 4.78 is 0. The van der Waals surface area contributed by atoms with Crippen molar-refractivity contribution in [3.05, 3.63) is 21.9 Å². The average molecular weight is 211 g/mol. The van der Waals surface area contributed by atoms with Crippen LogP contribution in [0, 0.1) is 12.8 Å².